The average molecular weight is 289 g/mol. The van der Waals surface area contributed by atoms with Gasteiger partial charge in [-0.3, -0.25) is 0 Å². The molecule has 1 aromatic rings. The van der Waals surface area contributed by atoms with E-state index in [1.165, 1.54) is 43.2 Å². The van der Waals surface area contributed by atoms with Crippen molar-refractivity contribution in [2.45, 2.75) is 65.5 Å². The highest BCUT2D eigenvalue weighted by atomic mass is 15.2. The summed E-state index contributed by atoms with van der Waals surface area (Å²) in [6.07, 6.45) is 8.53. The Hall–Kier alpha value is -1.09. The van der Waals surface area contributed by atoms with Crippen molar-refractivity contribution < 1.29 is 0 Å². The maximum atomic E-state index is 4.74. The predicted molar refractivity (Wildman–Crippen MR) is 90.8 cm³/mol. The summed E-state index contributed by atoms with van der Waals surface area (Å²) in [5.41, 5.74) is 2.59. The maximum absolute atomic E-state index is 4.74. The number of aromatic nitrogens is 1. The van der Waals surface area contributed by atoms with E-state index < -0.39 is 0 Å². The van der Waals surface area contributed by atoms with Gasteiger partial charge in [-0.25, -0.2) is 4.98 Å². The van der Waals surface area contributed by atoms with Crippen molar-refractivity contribution in [3.8, 4) is 0 Å². The Kier molecular flexibility index (Phi) is 6.04. The van der Waals surface area contributed by atoms with Crippen LogP contribution in [0.15, 0.2) is 12.3 Å². The summed E-state index contributed by atoms with van der Waals surface area (Å²) in [4.78, 5) is 7.14. The van der Waals surface area contributed by atoms with Gasteiger partial charge in [-0.2, -0.15) is 0 Å². The summed E-state index contributed by atoms with van der Waals surface area (Å²) in [5, 5.41) is 3.44. The summed E-state index contributed by atoms with van der Waals surface area (Å²) in [6.45, 7) is 8.75. The Bertz CT molecular complexity index is 436. The van der Waals surface area contributed by atoms with Crippen LogP contribution in [0, 0.1) is 12.8 Å². The van der Waals surface area contributed by atoms with Gasteiger partial charge in [0.1, 0.15) is 5.82 Å². The third-order valence-corrected chi connectivity index (χ3v) is 4.73. The zero-order chi connectivity index (χ0) is 15.2. The average Bonchev–Trinajstić information content (AvgIpc) is 2.48. The lowest BCUT2D eigenvalue weighted by Crippen LogP contribution is -2.35. The van der Waals surface area contributed by atoms with Crippen LogP contribution in [-0.4, -0.2) is 24.6 Å². The summed E-state index contributed by atoms with van der Waals surface area (Å²) in [6, 6.07) is 2.95. The molecule has 0 aromatic carbocycles. The molecule has 1 aliphatic carbocycles. The summed E-state index contributed by atoms with van der Waals surface area (Å²) < 4.78 is 0. The normalized spacial score (nSPS) is 22.3. The molecule has 0 unspecified atom stereocenters. The van der Waals surface area contributed by atoms with Crippen LogP contribution >= 0.6 is 0 Å². The molecule has 3 heteroatoms. The van der Waals surface area contributed by atoms with Gasteiger partial charge in [-0.15, -0.1) is 0 Å². The van der Waals surface area contributed by atoms with Gasteiger partial charge >= 0.3 is 0 Å². The molecule has 21 heavy (non-hydrogen) atoms. The first-order valence-electron chi connectivity index (χ1n) is 8.50. The fraction of sp³-hybridized carbons (Fsp3) is 0.722. The summed E-state index contributed by atoms with van der Waals surface area (Å²) in [7, 11) is 2.21. The minimum Gasteiger partial charge on any atom is -0.356 e. The van der Waals surface area contributed by atoms with Crippen molar-refractivity contribution >= 4 is 5.82 Å². The monoisotopic (exact) mass is 289 g/mol. The maximum Gasteiger partial charge on any atom is 0.131 e. The van der Waals surface area contributed by atoms with E-state index in [0.29, 0.717) is 6.04 Å². The van der Waals surface area contributed by atoms with Crippen molar-refractivity contribution in [3.63, 3.8) is 0 Å². The van der Waals surface area contributed by atoms with E-state index in [1.54, 1.807) is 0 Å². The number of aryl methyl sites for hydroxylation is 1. The second kappa shape index (κ2) is 7.79. The number of anilines is 1. The van der Waals surface area contributed by atoms with Crippen LogP contribution < -0.4 is 10.2 Å². The molecule has 0 saturated heterocycles. The molecule has 1 N–H and O–H groups in total. The molecule has 0 atom stereocenters. The highest BCUT2D eigenvalue weighted by molar-refractivity contribution is 5.47. The van der Waals surface area contributed by atoms with E-state index in [9.17, 15) is 0 Å². The Morgan fingerprint density at radius 1 is 1.29 bits per heavy atom. The summed E-state index contributed by atoms with van der Waals surface area (Å²) >= 11 is 0. The van der Waals surface area contributed by atoms with Crippen LogP contribution in [-0.2, 0) is 6.54 Å². The van der Waals surface area contributed by atoms with Gasteiger partial charge in [-0.05, 0) is 68.7 Å². The SMILES string of the molecule is CCCNCc1cnc(N(C)C2CCC(C)CC2)c(C)c1. The van der Waals surface area contributed by atoms with Crippen LogP contribution in [0.2, 0.25) is 0 Å². The molecule has 0 spiro atoms. The first kappa shape index (κ1) is 16.3. The minimum absolute atomic E-state index is 0.663. The smallest absolute Gasteiger partial charge is 0.131 e. The van der Waals surface area contributed by atoms with Crippen molar-refractivity contribution in [1.29, 1.82) is 0 Å². The first-order valence-corrected chi connectivity index (χ1v) is 8.50. The Labute approximate surface area is 130 Å². The standard InChI is InChI=1S/C18H31N3/c1-5-10-19-12-16-11-15(3)18(20-13-16)21(4)17-8-6-14(2)7-9-17/h11,13-14,17,19H,5-10,12H2,1-4H3. The van der Waals surface area contributed by atoms with E-state index in [-0.39, 0.29) is 0 Å². The molecular formula is C18H31N3. The number of hydrogen-bond acceptors (Lipinski definition) is 3. The Morgan fingerprint density at radius 3 is 2.62 bits per heavy atom. The Morgan fingerprint density at radius 2 is 2.00 bits per heavy atom. The minimum atomic E-state index is 0.663. The third kappa shape index (κ3) is 4.44. The molecule has 0 radical (unpaired) electrons. The fourth-order valence-corrected chi connectivity index (χ4v) is 3.30. The Balaban J connectivity index is 1.99. The van der Waals surface area contributed by atoms with E-state index >= 15 is 0 Å². The molecule has 1 heterocycles. The van der Waals surface area contributed by atoms with Gasteiger partial charge in [0.2, 0.25) is 0 Å². The van der Waals surface area contributed by atoms with Crippen LogP contribution in [0.25, 0.3) is 0 Å². The number of nitrogens with one attached hydrogen (secondary N) is 1. The van der Waals surface area contributed by atoms with Gasteiger partial charge < -0.3 is 10.2 Å². The molecule has 0 aliphatic heterocycles. The lowest BCUT2D eigenvalue weighted by Gasteiger charge is -2.35. The van der Waals surface area contributed by atoms with Gasteiger partial charge in [0.15, 0.2) is 0 Å². The number of pyridine rings is 1. The van der Waals surface area contributed by atoms with E-state index in [1.807, 2.05) is 6.20 Å². The van der Waals surface area contributed by atoms with Gasteiger partial charge in [0, 0.05) is 25.8 Å². The quantitative estimate of drug-likeness (QED) is 0.805. The largest absolute Gasteiger partial charge is 0.356 e. The lowest BCUT2D eigenvalue weighted by atomic mass is 9.86. The molecule has 1 saturated carbocycles. The molecule has 3 nitrogen and oxygen atoms in total. The summed E-state index contributed by atoms with van der Waals surface area (Å²) in [5.74, 6) is 2.06. The van der Waals surface area contributed by atoms with Crippen LogP contribution in [0.3, 0.4) is 0 Å². The molecular weight excluding hydrogens is 258 g/mol. The molecule has 0 bridgehead atoms. The first-order chi connectivity index (χ1) is 10.1. The second-order valence-corrected chi connectivity index (χ2v) is 6.69. The van der Waals surface area contributed by atoms with Crippen molar-refractivity contribution in [2.24, 2.45) is 5.92 Å². The van der Waals surface area contributed by atoms with Crippen molar-refractivity contribution in [3.05, 3.63) is 23.4 Å². The topological polar surface area (TPSA) is 28.2 Å². The predicted octanol–water partition coefficient (Wildman–Crippen LogP) is 3.90. The van der Waals surface area contributed by atoms with Crippen molar-refractivity contribution in [1.82, 2.24) is 10.3 Å². The lowest BCUT2D eigenvalue weighted by molar-refractivity contribution is 0.340. The zero-order valence-corrected chi connectivity index (χ0v) is 14.2. The number of nitrogens with zero attached hydrogens (tertiary/aromatic N) is 2. The van der Waals surface area contributed by atoms with Crippen LogP contribution in [0.4, 0.5) is 5.82 Å². The third-order valence-electron chi connectivity index (χ3n) is 4.73. The highest BCUT2D eigenvalue weighted by Crippen LogP contribution is 2.29. The van der Waals surface area contributed by atoms with E-state index in [2.05, 4.69) is 44.1 Å². The molecule has 118 valence electrons. The second-order valence-electron chi connectivity index (χ2n) is 6.69. The molecule has 1 fully saturated rings. The molecule has 1 aromatic heterocycles. The van der Waals surface area contributed by atoms with Crippen molar-refractivity contribution in [2.75, 3.05) is 18.5 Å². The molecule has 2 rings (SSSR count). The van der Waals surface area contributed by atoms with Gasteiger partial charge in [0.05, 0.1) is 0 Å². The highest BCUT2D eigenvalue weighted by Gasteiger charge is 2.23. The molecule has 0 amide bonds. The van der Waals surface area contributed by atoms with E-state index in [4.69, 9.17) is 4.98 Å². The fourth-order valence-electron chi connectivity index (χ4n) is 3.30. The van der Waals surface area contributed by atoms with E-state index in [0.717, 1.165) is 24.8 Å². The zero-order valence-electron chi connectivity index (χ0n) is 14.2. The molecule has 1 aliphatic rings. The van der Waals surface area contributed by atoms with Gasteiger partial charge in [-0.1, -0.05) is 13.8 Å². The van der Waals surface area contributed by atoms with Crippen LogP contribution in [0.1, 0.15) is 57.1 Å². The van der Waals surface area contributed by atoms with Gasteiger partial charge in [0.25, 0.3) is 0 Å². The van der Waals surface area contributed by atoms with Crippen LogP contribution in [0.5, 0.6) is 0 Å². The number of rotatable bonds is 6. The number of hydrogen-bond donors (Lipinski definition) is 1.